The standard InChI is InChI=1S/C34H44ClN7O3/c1-3-26-22-41(34(44)28-9-8-24(35)21-31(28)40-16-11-25(37)12-17-40)18-19-42(26)30-10-7-23(20-29(30)32(43)38-15-13-36)27-6-5-14-39-33(27)45-4-2/h5-10,14,20-21,25-26H,3-4,11-13,15-19,22,36-37H2,1-2H3,(H,38,43)/t26-/m1/s1. The third-order valence-electron chi connectivity index (χ3n) is 8.66. The van der Waals surface area contributed by atoms with Gasteiger partial charge in [-0.2, -0.15) is 0 Å². The Bertz CT molecular complexity index is 1490. The van der Waals surface area contributed by atoms with Gasteiger partial charge in [-0.25, -0.2) is 4.98 Å². The fraction of sp³-hybridized carbons (Fsp3) is 0.441. The second kappa shape index (κ2) is 14.9. The zero-order valence-corrected chi connectivity index (χ0v) is 26.9. The van der Waals surface area contributed by atoms with Crippen LogP contribution in [0.4, 0.5) is 11.4 Å². The summed E-state index contributed by atoms with van der Waals surface area (Å²) in [6, 6.07) is 15.4. The van der Waals surface area contributed by atoms with Crippen molar-refractivity contribution in [3.05, 3.63) is 70.9 Å². The van der Waals surface area contributed by atoms with Crippen molar-refractivity contribution in [1.29, 1.82) is 0 Å². The number of aromatic nitrogens is 1. The lowest BCUT2D eigenvalue weighted by molar-refractivity contribution is 0.0720. The van der Waals surface area contributed by atoms with Crippen LogP contribution in [0.3, 0.4) is 0 Å². The molecule has 5 N–H and O–H groups in total. The highest BCUT2D eigenvalue weighted by Crippen LogP contribution is 2.35. The number of piperidine rings is 1. The molecule has 2 aliphatic heterocycles. The van der Waals surface area contributed by atoms with E-state index in [1.807, 2.05) is 54.3 Å². The number of nitrogens with two attached hydrogens (primary N) is 2. The molecule has 2 amide bonds. The number of hydrogen-bond donors (Lipinski definition) is 3. The summed E-state index contributed by atoms with van der Waals surface area (Å²) in [5, 5.41) is 3.55. The first kappa shape index (κ1) is 32.5. The second-order valence-corrected chi connectivity index (χ2v) is 12.0. The molecule has 5 rings (SSSR count). The highest BCUT2D eigenvalue weighted by atomic mass is 35.5. The summed E-state index contributed by atoms with van der Waals surface area (Å²) in [7, 11) is 0. The van der Waals surface area contributed by atoms with E-state index in [0.717, 1.165) is 54.9 Å². The van der Waals surface area contributed by atoms with Crippen molar-refractivity contribution in [2.24, 2.45) is 11.5 Å². The molecule has 240 valence electrons. The van der Waals surface area contributed by atoms with Gasteiger partial charge in [0.15, 0.2) is 0 Å². The van der Waals surface area contributed by atoms with Gasteiger partial charge in [0.25, 0.3) is 11.8 Å². The largest absolute Gasteiger partial charge is 0.478 e. The second-order valence-electron chi connectivity index (χ2n) is 11.6. The minimum Gasteiger partial charge on any atom is -0.478 e. The number of pyridine rings is 1. The normalized spacial score (nSPS) is 17.4. The van der Waals surface area contributed by atoms with E-state index >= 15 is 0 Å². The van der Waals surface area contributed by atoms with Crippen molar-refractivity contribution in [2.75, 3.05) is 62.2 Å². The van der Waals surface area contributed by atoms with E-state index in [9.17, 15) is 9.59 Å². The number of anilines is 2. The summed E-state index contributed by atoms with van der Waals surface area (Å²) in [4.78, 5) is 38.4. The van der Waals surface area contributed by atoms with Crippen molar-refractivity contribution in [1.82, 2.24) is 15.2 Å². The quantitative estimate of drug-likeness (QED) is 0.304. The predicted octanol–water partition coefficient (Wildman–Crippen LogP) is 4.16. The van der Waals surface area contributed by atoms with Gasteiger partial charge in [-0.1, -0.05) is 24.6 Å². The minimum absolute atomic E-state index is 0.00840. The summed E-state index contributed by atoms with van der Waals surface area (Å²) >= 11 is 6.40. The first-order valence-corrected chi connectivity index (χ1v) is 16.3. The first-order valence-electron chi connectivity index (χ1n) is 15.9. The summed E-state index contributed by atoms with van der Waals surface area (Å²) in [5.74, 6) is 0.319. The lowest BCUT2D eigenvalue weighted by Gasteiger charge is -2.43. The molecule has 0 spiro atoms. The zero-order valence-electron chi connectivity index (χ0n) is 26.2. The summed E-state index contributed by atoms with van der Waals surface area (Å²) in [5.41, 5.74) is 16.4. The van der Waals surface area contributed by atoms with Crippen LogP contribution in [0.15, 0.2) is 54.7 Å². The monoisotopic (exact) mass is 633 g/mol. The molecule has 0 aliphatic carbocycles. The molecule has 0 unspecified atom stereocenters. The van der Waals surface area contributed by atoms with E-state index in [2.05, 4.69) is 27.0 Å². The number of nitrogens with one attached hydrogen (secondary N) is 1. The van der Waals surface area contributed by atoms with Crippen LogP contribution >= 0.6 is 11.6 Å². The van der Waals surface area contributed by atoms with Crippen LogP contribution in [0.25, 0.3) is 11.1 Å². The molecule has 2 aromatic carbocycles. The molecule has 45 heavy (non-hydrogen) atoms. The number of piperazine rings is 1. The molecule has 3 aromatic rings. The fourth-order valence-corrected chi connectivity index (χ4v) is 6.41. The van der Waals surface area contributed by atoms with Crippen molar-refractivity contribution in [3.63, 3.8) is 0 Å². The van der Waals surface area contributed by atoms with Crippen LogP contribution in [-0.2, 0) is 0 Å². The minimum atomic E-state index is -0.195. The number of rotatable bonds is 10. The molecular formula is C34H44ClN7O3. The highest BCUT2D eigenvalue weighted by molar-refractivity contribution is 6.31. The van der Waals surface area contributed by atoms with E-state index < -0.39 is 0 Å². The maximum atomic E-state index is 14.0. The topological polar surface area (TPSA) is 130 Å². The number of nitrogens with zero attached hydrogens (tertiary/aromatic N) is 4. The molecule has 3 heterocycles. The number of carbonyl (C=O) groups is 2. The van der Waals surface area contributed by atoms with Crippen LogP contribution in [0, 0.1) is 0 Å². The molecule has 2 saturated heterocycles. The molecule has 0 saturated carbocycles. The van der Waals surface area contributed by atoms with Gasteiger partial charge in [0, 0.05) is 80.4 Å². The third kappa shape index (κ3) is 7.35. The molecule has 0 bridgehead atoms. The van der Waals surface area contributed by atoms with Crippen LogP contribution in [0.1, 0.15) is 53.8 Å². The maximum Gasteiger partial charge on any atom is 0.256 e. The Morgan fingerprint density at radius 1 is 1.02 bits per heavy atom. The summed E-state index contributed by atoms with van der Waals surface area (Å²) in [6.07, 6.45) is 4.25. The van der Waals surface area contributed by atoms with Crippen LogP contribution in [0.2, 0.25) is 5.02 Å². The molecule has 1 atom stereocenters. The number of halogens is 1. The van der Waals surface area contributed by atoms with E-state index in [0.29, 0.717) is 61.4 Å². The number of amides is 2. The third-order valence-corrected chi connectivity index (χ3v) is 8.89. The lowest BCUT2D eigenvalue weighted by Crippen LogP contribution is -2.55. The predicted molar refractivity (Wildman–Crippen MR) is 180 cm³/mol. The van der Waals surface area contributed by atoms with Crippen LogP contribution in [0.5, 0.6) is 5.88 Å². The molecule has 2 fully saturated rings. The van der Waals surface area contributed by atoms with E-state index in [1.54, 1.807) is 12.3 Å². The van der Waals surface area contributed by atoms with Gasteiger partial charge in [-0.15, -0.1) is 0 Å². The van der Waals surface area contributed by atoms with Gasteiger partial charge in [0.2, 0.25) is 5.88 Å². The maximum absolute atomic E-state index is 14.0. The van der Waals surface area contributed by atoms with Crippen molar-refractivity contribution >= 4 is 34.8 Å². The van der Waals surface area contributed by atoms with Gasteiger partial charge in [0.05, 0.1) is 23.4 Å². The summed E-state index contributed by atoms with van der Waals surface area (Å²) in [6.45, 7) is 8.44. The van der Waals surface area contributed by atoms with Gasteiger partial charge in [0.1, 0.15) is 0 Å². The van der Waals surface area contributed by atoms with E-state index in [-0.39, 0.29) is 23.9 Å². The van der Waals surface area contributed by atoms with Crippen molar-refractivity contribution < 1.29 is 14.3 Å². The van der Waals surface area contributed by atoms with Crippen molar-refractivity contribution in [2.45, 2.75) is 45.2 Å². The molecule has 0 radical (unpaired) electrons. The average Bonchev–Trinajstić information content (AvgIpc) is 3.07. The highest BCUT2D eigenvalue weighted by Gasteiger charge is 2.33. The van der Waals surface area contributed by atoms with Gasteiger partial charge >= 0.3 is 0 Å². The lowest BCUT2D eigenvalue weighted by atomic mass is 9.98. The summed E-state index contributed by atoms with van der Waals surface area (Å²) < 4.78 is 5.77. The Labute approximate surface area is 270 Å². The number of ether oxygens (including phenoxy) is 1. The number of benzene rings is 2. The Kier molecular flexibility index (Phi) is 10.8. The SMILES string of the molecule is CCOc1ncccc1-c1ccc(N2CCN(C(=O)c3ccc(Cl)cc3N3CCC(N)CC3)C[C@H]2CC)c(C(=O)NCCN)c1. The average molecular weight is 634 g/mol. The van der Waals surface area contributed by atoms with Crippen LogP contribution < -0.4 is 31.3 Å². The Balaban J connectivity index is 1.42. The molecule has 11 heteroatoms. The number of hydrogen-bond acceptors (Lipinski definition) is 8. The Morgan fingerprint density at radius 2 is 1.82 bits per heavy atom. The first-order chi connectivity index (χ1) is 21.8. The molecular weight excluding hydrogens is 590 g/mol. The van der Waals surface area contributed by atoms with Crippen LogP contribution in [-0.4, -0.2) is 86.2 Å². The van der Waals surface area contributed by atoms with Gasteiger partial charge in [-0.3, -0.25) is 9.59 Å². The van der Waals surface area contributed by atoms with Gasteiger partial charge in [-0.05, 0) is 74.2 Å². The Hall–Kier alpha value is -3.86. The van der Waals surface area contributed by atoms with Crippen molar-refractivity contribution in [3.8, 4) is 17.0 Å². The van der Waals surface area contributed by atoms with E-state index in [1.165, 1.54) is 0 Å². The molecule has 10 nitrogen and oxygen atoms in total. The molecule has 2 aliphatic rings. The van der Waals surface area contributed by atoms with Gasteiger partial charge < -0.3 is 36.2 Å². The molecule has 1 aromatic heterocycles. The zero-order chi connectivity index (χ0) is 31.9. The van der Waals surface area contributed by atoms with E-state index in [4.69, 9.17) is 27.8 Å². The smallest absolute Gasteiger partial charge is 0.256 e. The fourth-order valence-electron chi connectivity index (χ4n) is 6.24. The number of carbonyl (C=O) groups excluding carboxylic acids is 2. The Morgan fingerprint density at radius 3 is 2.56 bits per heavy atom.